The number of para-hydroxylation sites is 2. The number of halogens is 4. The molecule has 1 atom stereocenters. The Morgan fingerprint density at radius 1 is 0.786 bits per heavy atom. The largest absolute Gasteiger partial charge is 0.494 e. The minimum Gasteiger partial charge on any atom is -0.494 e. The van der Waals surface area contributed by atoms with E-state index < -0.39 is 11.7 Å². The molecule has 0 amide bonds. The smallest absolute Gasteiger partial charge is 0.342 e. The van der Waals surface area contributed by atoms with E-state index in [0.717, 1.165) is 33.5 Å². The number of benzene rings is 4. The van der Waals surface area contributed by atoms with Crippen LogP contribution in [-0.2, 0) is 17.0 Å². The van der Waals surface area contributed by atoms with E-state index in [4.69, 9.17) is 55.9 Å². The molecule has 1 aromatic heterocycles. The first-order valence-corrected chi connectivity index (χ1v) is 15.0. The molecule has 1 aliphatic rings. The summed E-state index contributed by atoms with van der Waals surface area (Å²) in [6, 6.07) is 25.3. The number of esters is 1. The van der Waals surface area contributed by atoms with E-state index in [1.54, 1.807) is 0 Å². The zero-order valence-electron chi connectivity index (χ0n) is 23.1. The fraction of sp³-hybridized carbons (Fsp3) is 0.182. The van der Waals surface area contributed by atoms with E-state index in [2.05, 4.69) is 11.5 Å². The van der Waals surface area contributed by atoms with Crippen molar-refractivity contribution >= 4 is 74.7 Å². The molecule has 1 unspecified atom stereocenters. The lowest BCUT2D eigenvalue weighted by Gasteiger charge is -2.42. The van der Waals surface area contributed by atoms with Crippen LogP contribution in [0.3, 0.4) is 0 Å². The maximum atomic E-state index is 14.0. The van der Waals surface area contributed by atoms with Gasteiger partial charge in [-0.25, -0.2) is 4.79 Å². The van der Waals surface area contributed by atoms with Crippen LogP contribution in [0.15, 0.2) is 78.9 Å². The first-order valence-electron chi connectivity index (χ1n) is 13.5. The zero-order chi connectivity index (χ0) is 29.8. The Kier molecular flexibility index (Phi) is 7.57. The molecule has 0 saturated heterocycles. The molecule has 0 saturated carbocycles. The summed E-state index contributed by atoms with van der Waals surface area (Å²) in [5, 5.41) is 1.01. The Morgan fingerprint density at radius 3 is 2.07 bits per heavy atom. The van der Waals surface area contributed by atoms with Crippen molar-refractivity contribution < 1.29 is 14.3 Å². The van der Waals surface area contributed by atoms with Crippen molar-refractivity contribution in [1.82, 2.24) is 4.57 Å². The summed E-state index contributed by atoms with van der Waals surface area (Å²) >= 11 is 27.0. The van der Waals surface area contributed by atoms with Crippen molar-refractivity contribution in [3.8, 4) is 5.75 Å². The Labute approximate surface area is 264 Å². The first-order chi connectivity index (χ1) is 20.3. The van der Waals surface area contributed by atoms with Gasteiger partial charge in [-0.3, -0.25) is 4.90 Å². The van der Waals surface area contributed by atoms with E-state index in [0.29, 0.717) is 24.5 Å². The third kappa shape index (κ3) is 4.17. The predicted molar refractivity (Wildman–Crippen MR) is 171 cm³/mol. The maximum Gasteiger partial charge on any atom is 0.342 e. The van der Waals surface area contributed by atoms with Gasteiger partial charge in [-0.1, -0.05) is 82.8 Å². The molecule has 1 aliphatic heterocycles. The number of hydrogen-bond acceptors (Lipinski definition) is 4. The summed E-state index contributed by atoms with van der Waals surface area (Å²) in [4.78, 5) is 16.0. The Hall–Kier alpha value is -3.35. The summed E-state index contributed by atoms with van der Waals surface area (Å²) in [6.07, 6.45) is 0. The highest BCUT2D eigenvalue weighted by atomic mass is 35.5. The van der Waals surface area contributed by atoms with Gasteiger partial charge in [0.1, 0.15) is 5.75 Å². The van der Waals surface area contributed by atoms with Crippen LogP contribution in [0.2, 0.25) is 20.1 Å². The number of aryl methyl sites for hydroxylation is 1. The third-order valence-electron chi connectivity index (χ3n) is 7.67. The van der Waals surface area contributed by atoms with Gasteiger partial charge < -0.3 is 14.0 Å². The molecular formula is C33H26Cl4N2O3. The molecule has 0 radical (unpaired) electrons. The van der Waals surface area contributed by atoms with Gasteiger partial charge in [0, 0.05) is 34.5 Å². The second-order valence-electron chi connectivity index (χ2n) is 9.86. The van der Waals surface area contributed by atoms with Crippen LogP contribution in [0.5, 0.6) is 5.75 Å². The van der Waals surface area contributed by atoms with E-state index in [1.807, 2.05) is 97.6 Å². The van der Waals surface area contributed by atoms with Gasteiger partial charge in [-0.2, -0.15) is 0 Å². The topological polar surface area (TPSA) is 43.7 Å². The number of ether oxygens (including phenoxy) is 2. The van der Waals surface area contributed by atoms with E-state index in [-0.39, 0.29) is 25.7 Å². The lowest BCUT2D eigenvalue weighted by Crippen LogP contribution is -2.45. The second-order valence-corrected chi connectivity index (χ2v) is 11.4. The number of anilines is 2. The number of carbonyl (C=O) groups excluding carboxylic acids is 1. The highest BCUT2D eigenvalue weighted by Crippen LogP contribution is 2.58. The minimum atomic E-state index is -1.63. The molecule has 0 aliphatic carbocycles. The van der Waals surface area contributed by atoms with Gasteiger partial charge in [0.05, 0.1) is 43.4 Å². The zero-order valence-corrected chi connectivity index (χ0v) is 26.1. The summed E-state index contributed by atoms with van der Waals surface area (Å²) in [6.45, 7) is 7.24. The lowest BCUT2D eigenvalue weighted by atomic mass is 9.88. The average molecular weight is 640 g/mol. The molecule has 0 spiro atoms. The number of cyclic esters (lactones) is 1. The number of fused-ring (bicyclic) bond motifs is 2. The lowest BCUT2D eigenvalue weighted by molar-refractivity contribution is 0.0137. The summed E-state index contributed by atoms with van der Waals surface area (Å²) in [5.74, 6) is 0.0526. The number of aromatic nitrogens is 1. The van der Waals surface area contributed by atoms with Crippen molar-refractivity contribution in [2.75, 3.05) is 11.5 Å². The van der Waals surface area contributed by atoms with Crippen LogP contribution < -0.4 is 9.64 Å². The number of carbonyl (C=O) groups is 1. The molecule has 4 aromatic carbocycles. The fourth-order valence-electron chi connectivity index (χ4n) is 6.04. The molecule has 5 nitrogen and oxygen atoms in total. The number of rotatable bonds is 7. The summed E-state index contributed by atoms with van der Waals surface area (Å²) < 4.78 is 14.6. The van der Waals surface area contributed by atoms with Crippen LogP contribution in [-0.4, -0.2) is 17.1 Å². The second kappa shape index (κ2) is 11.1. The van der Waals surface area contributed by atoms with Gasteiger partial charge in [-0.05, 0) is 63.2 Å². The van der Waals surface area contributed by atoms with Crippen molar-refractivity contribution in [1.29, 1.82) is 0 Å². The molecule has 0 N–H and O–H groups in total. The summed E-state index contributed by atoms with van der Waals surface area (Å²) in [5.41, 5.74) is 2.86. The van der Waals surface area contributed by atoms with E-state index in [9.17, 15) is 4.79 Å². The Morgan fingerprint density at radius 2 is 1.40 bits per heavy atom. The molecule has 9 heteroatoms. The maximum absolute atomic E-state index is 14.0. The van der Waals surface area contributed by atoms with Crippen molar-refractivity contribution in [2.24, 2.45) is 0 Å². The highest BCUT2D eigenvalue weighted by molar-refractivity contribution is 6.53. The van der Waals surface area contributed by atoms with Crippen molar-refractivity contribution in [3.63, 3.8) is 0 Å². The molecular weight excluding hydrogens is 614 g/mol. The average Bonchev–Trinajstić information content (AvgIpc) is 3.47. The Bertz CT molecular complexity index is 1840. The van der Waals surface area contributed by atoms with Crippen LogP contribution in [0, 0.1) is 6.92 Å². The van der Waals surface area contributed by atoms with Gasteiger partial charge in [-0.15, -0.1) is 0 Å². The highest BCUT2D eigenvalue weighted by Gasteiger charge is 2.57. The van der Waals surface area contributed by atoms with Crippen LogP contribution in [0.4, 0.5) is 11.4 Å². The normalized spacial score (nSPS) is 16.0. The molecule has 214 valence electrons. The fourth-order valence-corrected chi connectivity index (χ4v) is 7.09. The minimum absolute atomic E-state index is 0.00475. The predicted octanol–water partition coefficient (Wildman–Crippen LogP) is 10.2. The summed E-state index contributed by atoms with van der Waals surface area (Å²) in [7, 11) is 0. The standard InChI is InChI=1S/C33H26Cl4N2O3/c1-4-38-19(3)26(23-13-9-10-14-24(23)38)33(27-25(32(40)42-33)28(34)30(36)31(37)29(27)35)39(20-11-7-6-8-12-20)21-15-17-22(18-16-21)41-5-2/h6-18H,4-5H2,1-3H3. The SMILES string of the molecule is CCOc1ccc(N(c2ccccc2)C2(c3c(C)n(CC)c4ccccc34)OC(=O)c3c(Cl)c(Cl)c(Cl)c(Cl)c32)cc1. The van der Waals surface area contributed by atoms with Crippen LogP contribution in [0.25, 0.3) is 10.9 Å². The van der Waals surface area contributed by atoms with Crippen molar-refractivity contribution in [3.05, 3.63) is 121 Å². The Balaban J connectivity index is 1.82. The molecule has 5 aromatic rings. The molecule has 0 bridgehead atoms. The van der Waals surface area contributed by atoms with Gasteiger partial charge >= 0.3 is 5.97 Å². The first kappa shape index (κ1) is 28.8. The molecule has 2 heterocycles. The van der Waals surface area contributed by atoms with Crippen molar-refractivity contribution in [2.45, 2.75) is 33.0 Å². The third-order valence-corrected chi connectivity index (χ3v) is 9.47. The molecule has 0 fully saturated rings. The monoisotopic (exact) mass is 638 g/mol. The quantitative estimate of drug-likeness (QED) is 0.101. The van der Waals surface area contributed by atoms with Crippen LogP contribution in [0.1, 0.15) is 41.0 Å². The van der Waals surface area contributed by atoms with E-state index in [1.165, 1.54) is 0 Å². The van der Waals surface area contributed by atoms with Gasteiger partial charge in [0.15, 0.2) is 0 Å². The number of nitrogens with zero attached hydrogens (tertiary/aromatic N) is 2. The van der Waals surface area contributed by atoms with Gasteiger partial charge in [0.2, 0.25) is 5.72 Å². The molecule has 42 heavy (non-hydrogen) atoms. The van der Waals surface area contributed by atoms with Gasteiger partial charge in [0.25, 0.3) is 0 Å². The van der Waals surface area contributed by atoms with Crippen LogP contribution >= 0.6 is 46.4 Å². The molecule has 6 rings (SSSR count). The van der Waals surface area contributed by atoms with E-state index >= 15 is 0 Å². The number of hydrogen-bond donors (Lipinski definition) is 0.